The molecule has 0 bridgehead atoms. The van der Waals surface area contributed by atoms with Gasteiger partial charge in [-0.15, -0.1) is 0 Å². The molecule has 0 spiro atoms. The second-order valence-corrected chi connectivity index (χ2v) is 2.76. The Kier molecular flexibility index (Phi) is 5.07. The maximum Gasteiger partial charge on any atom is 0.163 e. The first-order valence-corrected chi connectivity index (χ1v) is 3.80. The van der Waals surface area contributed by atoms with E-state index < -0.39 is 6.10 Å². The van der Waals surface area contributed by atoms with Crippen molar-refractivity contribution < 1.29 is 14.6 Å². The lowest BCUT2D eigenvalue weighted by atomic mass is 10.00. The zero-order valence-corrected chi connectivity index (χ0v) is 7.33. The second-order valence-electron chi connectivity index (χ2n) is 2.76. The molecule has 0 aromatic carbocycles. The van der Waals surface area contributed by atoms with Crippen LogP contribution in [0.2, 0.25) is 0 Å². The highest BCUT2D eigenvalue weighted by molar-refractivity contribution is 5.84. The number of Topliss-reactive ketones (excluding diaryl/α,β-unsaturated/α-hetero) is 1. The van der Waals surface area contributed by atoms with Crippen LogP contribution in [0.25, 0.3) is 0 Å². The maximum atomic E-state index is 11.0. The van der Waals surface area contributed by atoms with Gasteiger partial charge >= 0.3 is 0 Å². The van der Waals surface area contributed by atoms with Crippen LogP contribution >= 0.6 is 0 Å². The molecule has 3 nitrogen and oxygen atoms in total. The SMILES string of the molecule is COCCC(C)C(=O)C(C)O. The van der Waals surface area contributed by atoms with E-state index in [1.807, 2.05) is 0 Å². The summed E-state index contributed by atoms with van der Waals surface area (Å²) in [6.45, 7) is 3.86. The van der Waals surface area contributed by atoms with Crippen molar-refractivity contribution in [3.8, 4) is 0 Å². The molecule has 2 atom stereocenters. The Labute approximate surface area is 67.4 Å². The fourth-order valence-electron chi connectivity index (χ4n) is 0.849. The lowest BCUT2D eigenvalue weighted by Gasteiger charge is -2.10. The fraction of sp³-hybridized carbons (Fsp3) is 0.875. The number of hydrogen-bond acceptors (Lipinski definition) is 3. The van der Waals surface area contributed by atoms with Crippen molar-refractivity contribution in [1.29, 1.82) is 0 Å². The molecule has 0 fully saturated rings. The monoisotopic (exact) mass is 160 g/mol. The minimum Gasteiger partial charge on any atom is -0.386 e. The number of carbonyl (C=O) groups is 1. The van der Waals surface area contributed by atoms with Crippen molar-refractivity contribution in [2.24, 2.45) is 5.92 Å². The van der Waals surface area contributed by atoms with Crippen LogP contribution in [0, 0.1) is 5.92 Å². The van der Waals surface area contributed by atoms with E-state index in [9.17, 15) is 4.79 Å². The number of aliphatic hydroxyl groups excluding tert-OH is 1. The van der Waals surface area contributed by atoms with Gasteiger partial charge in [0, 0.05) is 19.6 Å². The van der Waals surface area contributed by atoms with Gasteiger partial charge in [-0.25, -0.2) is 0 Å². The number of carbonyl (C=O) groups excluding carboxylic acids is 1. The molecule has 0 radical (unpaired) electrons. The van der Waals surface area contributed by atoms with Crippen LogP contribution in [0.5, 0.6) is 0 Å². The summed E-state index contributed by atoms with van der Waals surface area (Å²) in [6, 6.07) is 0. The normalized spacial score (nSPS) is 16.0. The Hall–Kier alpha value is -0.410. The summed E-state index contributed by atoms with van der Waals surface area (Å²) < 4.78 is 4.81. The average Bonchev–Trinajstić information content (AvgIpc) is 1.98. The van der Waals surface area contributed by atoms with Crippen LogP contribution in [0.3, 0.4) is 0 Å². The number of rotatable bonds is 5. The summed E-state index contributed by atoms with van der Waals surface area (Å²) in [7, 11) is 1.60. The maximum absolute atomic E-state index is 11.0. The van der Waals surface area contributed by atoms with E-state index in [0.717, 1.165) is 0 Å². The van der Waals surface area contributed by atoms with Crippen molar-refractivity contribution >= 4 is 5.78 Å². The van der Waals surface area contributed by atoms with Gasteiger partial charge in [0.1, 0.15) is 6.10 Å². The summed E-state index contributed by atoms with van der Waals surface area (Å²) >= 11 is 0. The standard InChI is InChI=1S/C8H16O3/c1-6(4-5-11-3)8(10)7(2)9/h6-7,9H,4-5H2,1-3H3. The second kappa shape index (κ2) is 5.27. The number of ether oxygens (including phenoxy) is 1. The van der Waals surface area contributed by atoms with Gasteiger partial charge in [0.15, 0.2) is 5.78 Å². The Morgan fingerprint density at radius 2 is 2.09 bits per heavy atom. The van der Waals surface area contributed by atoms with E-state index in [1.54, 1.807) is 14.0 Å². The molecule has 2 unspecified atom stereocenters. The number of methoxy groups -OCH3 is 1. The Morgan fingerprint density at radius 1 is 1.55 bits per heavy atom. The van der Waals surface area contributed by atoms with Gasteiger partial charge in [-0.2, -0.15) is 0 Å². The van der Waals surface area contributed by atoms with Crippen molar-refractivity contribution in [1.82, 2.24) is 0 Å². The highest BCUT2D eigenvalue weighted by Crippen LogP contribution is 2.05. The molecule has 11 heavy (non-hydrogen) atoms. The lowest BCUT2D eigenvalue weighted by Crippen LogP contribution is -2.24. The van der Waals surface area contributed by atoms with E-state index >= 15 is 0 Å². The number of ketones is 1. The molecule has 66 valence electrons. The van der Waals surface area contributed by atoms with Crippen molar-refractivity contribution in [3.63, 3.8) is 0 Å². The first-order chi connectivity index (χ1) is 5.09. The first kappa shape index (κ1) is 10.6. The Bertz CT molecular complexity index is 121. The molecule has 3 heteroatoms. The third kappa shape index (κ3) is 4.11. The highest BCUT2D eigenvalue weighted by Gasteiger charge is 2.16. The van der Waals surface area contributed by atoms with Crippen molar-refractivity contribution in [3.05, 3.63) is 0 Å². The summed E-state index contributed by atoms with van der Waals surface area (Å²) in [6.07, 6.45) is -0.165. The zero-order valence-electron chi connectivity index (χ0n) is 7.33. The number of hydrogen-bond donors (Lipinski definition) is 1. The van der Waals surface area contributed by atoms with E-state index in [-0.39, 0.29) is 11.7 Å². The predicted molar refractivity (Wildman–Crippen MR) is 42.3 cm³/mol. The van der Waals surface area contributed by atoms with Crippen molar-refractivity contribution in [2.75, 3.05) is 13.7 Å². The van der Waals surface area contributed by atoms with Crippen molar-refractivity contribution in [2.45, 2.75) is 26.4 Å². The fourth-order valence-corrected chi connectivity index (χ4v) is 0.849. The van der Waals surface area contributed by atoms with Crippen LogP contribution in [-0.2, 0) is 9.53 Å². The molecule has 0 saturated heterocycles. The molecule has 0 aromatic heterocycles. The molecule has 0 saturated carbocycles. The molecule has 0 aromatic rings. The minimum absolute atomic E-state index is 0.102. The molecule has 0 aliphatic rings. The first-order valence-electron chi connectivity index (χ1n) is 3.80. The van der Waals surface area contributed by atoms with Gasteiger partial charge in [0.25, 0.3) is 0 Å². The molecule has 0 heterocycles. The van der Waals surface area contributed by atoms with Gasteiger partial charge in [-0.05, 0) is 13.3 Å². The quantitative estimate of drug-likeness (QED) is 0.641. The summed E-state index contributed by atoms with van der Waals surface area (Å²) in [5, 5.41) is 8.90. The van der Waals surface area contributed by atoms with Crippen LogP contribution in [0.15, 0.2) is 0 Å². The van der Waals surface area contributed by atoms with Gasteiger partial charge in [0.05, 0.1) is 0 Å². The Morgan fingerprint density at radius 3 is 2.45 bits per heavy atom. The van der Waals surface area contributed by atoms with E-state index in [0.29, 0.717) is 13.0 Å². The molecule has 1 N–H and O–H groups in total. The average molecular weight is 160 g/mol. The van der Waals surface area contributed by atoms with Crippen LogP contribution in [0.4, 0.5) is 0 Å². The molecular weight excluding hydrogens is 144 g/mol. The Balaban J connectivity index is 3.64. The van der Waals surface area contributed by atoms with Gasteiger partial charge < -0.3 is 9.84 Å². The summed E-state index contributed by atoms with van der Waals surface area (Å²) in [5.74, 6) is -0.211. The molecule has 0 amide bonds. The molecule has 0 aliphatic carbocycles. The smallest absolute Gasteiger partial charge is 0.163 e. The van der Waals surface area contributed by atoms with E-state index in [1.165, 1.54) is 6.92 Å². The highest BCUT2D eigenvalue weighted by atomic mass is 16.5. The van der Waals surface area contributed by atoms with Gasteiger partial charge in [0.2, 0.25) is 0 Å². The van der Waals surface area contributed by atoms with E-state index in [4.69, 9.17) is 9.84 Å². The largest absolute Gasteiger partial charge is 0.386 e. The molecule has 0 aliphatic heterocycles. The molecular formula is C8H16O3. The topological polar surface area (TPSA) is 46.5 Å². The van der Waals surface area contributed by atoms with Crippen LogP contribution < -0.4 is 0 Å². The summed E-state index contributed by atoms with van der Waals surface area (Å²) in [5.41, 5.74) is 0. The van der Waals surface area contributed by atoms with Gasteiger partial charge in [-0.3, -0.25) is 4.79 Å². The third-order valence-corrected chi connectivity index (χ3v) is 1.65. The lowest BCUT2D eigenvalue weighted by molar-refractivity contribution is -0.130. The van der Waals surface area contributed by atoms with Gasteiger partial charge in [-0.1, -0.05) is 6.92 Å². The predicted octanol–water partition coefficient (Wildman–Crippen LogP) is 0.609. The van der Waals surface area contributed by atoms with E-state index in [2.05, 4.69) is 0 Å². The number of aliphatic hydroxyl groups is 1. The zero-order chi connectivity index (χ0) is 8.85. The molecule has 0 rings (SSSR count). The van der Waals surface area contributed by atoms with Crippen LogP contribution in [0.1, 0.15) is 20.3 Å². The minimum atomic E-state index is -0.846. The third-order valence-electron chi connectivity index (χ3n) is 1.65. The van der Waals surface area contributed by atoms with Crippen LogP contribution in [-0.4, -0.2) is 30.7 Å². The summed E-state index contributed by atoms with van der Waals surface area (Å²) in [4.78, 5) is 11.0.